The van der Waals surface area contributed by atoms with E-state index in [2.05, 4.69) is 4.99 Å². The number of phenols is 1. The molecular weight excluding hydrogens is 255 g/mol. The standard InChI is InChI=1S/C14H10F3NO/c15-14(16,17)11-6-2-1-5-10(11)9-18-12-7-3-4-8-13(12)19/h1-9,19H. The Morgan fingerprint density at radius 1 is 0.947 bits per heavy atom. The molecule has 0 fully saturated rings. The zero-order chi connectivity index (χ0) is 13.9. The van der Waals surface area contributed by atoms with Crippen molar-refractivity contribution in [2.75, 3.05) is 0 Å². The van der Waals surface area contributed by atoms with E-state index in [0.717, 1.165) is 12.3 Å². The number of halogens is 3. The van der Waals surface area contributed by atoms with E-state index in [1.54, 1.807) is 12.1 Å². The number of rotatable bonds is 2. The molecule has 2 aromatic carbocycles. The van der Waals surface area contributed by atoms with Gasteiger partial charge in [-0.1, -0.05) is 30.3 Å². The molecule has 2 rings (SSSR count). The first kappa shape index (κ1) is 13.1. The summed E-state index contributed by atoms with van der Waals surface area (Å²) in [6, 6.07) is 11.3. The van der Waals surface area contributed by atoms with E-state index in [-0.39, 0.29) is 17.0 Å². The van der Waals surface area contributed by atoms with Crippen LogP contribution in [0.4, 0.5) is 18.9 Å². The summed E-state index contributed by atoms with van der Waals surface area (Å²) >= 11 is 0. The zero-order valence-electron chi connectivity index (χ0n) is 9.72. The maximum atomic E-state index is 12.7. The van der Waals surface area contributed by atoms with Crippen LogP contribution in [0.2, 0.25) is 0 Å². The van der Waals surface area contributed by atoms with Gasteiger partial charge in [-0.3, -0.25) is 4.99 Å². The fourth-order valence-electron chi connectivity index (χ4n) is 1.58. The van der Waals surface area contributed by atoms with Gasteiger partial charge >= 0.3 is 6.18 Å². The van der Waals surface area contributed by atoms with E-state index >= 15 is 0 Å². The van der Waals surface area contributed by atoms with Crippen LogP contribution in [-0.2, 0) is 6.18 Å². The molecule has 0 aliphatic heterocycles. The predicted octanol–water partition coefficient (Wildman–Crippen LogP) is 4.16. The Kier molecular flexibility index (Phi) is 3.55. The number of alkyl halides is 3. The molecule has 0 amide bonds. The third-order valence-corrected chi connectivity index (χ3v) is 2.49. The number of aromatic hydroxyl groups is 1. The molecule has 2 nitrogen and oxygen atoms in total. The van der Waals surface area contributed by atoms with Crippen molar-refractivity contribution in [1.82, 2.24) is 0 Å². The molecule has 19 heavy (non-hydrogen) atoms. The lowest BCUT2D eigenvalue weighted by molar-refractivity contribution is -0.137. The molecule has 98 valence electrons. The number of phenolic OH excluding ortho intramolecular Hbond substituents is 1. The van der Waals surface area contributed by atoms with Gasteiger partial charge in [-0.25, -0.2) is 0 Å². The fourth-order valence-corrected chi connectivity index (χ4v) is 1.58. The van der Waals surface area contributed by atoms with Crippen molar-refractivity contribution >= 4 is 11.9 Å². The van der Waals surface area contributed by atoms with Crippen LogP contribution in [0.5, 0.6) is 5.75 Å². The Hall–Kier alpha value is -2.30. The van der Waals surface area contributed by atoms with Crippen molar-refractivity contribution in [3.8, 4) is 5.75 Å². The number of hydrogen-bond acceptors (Lipinski definition) is 2. The van der Waals surface area contributed by atoms with Gasteiger partial charge in [0.2, 0.25) is 0 Å². The zero-order valence-corrected chi connectivity index (χ0v) is 9.72. The Bertz CT molecular complexity index is 606. The van der Waals surface area contributed by atoms with E-state index in [1.807, 2.05) is 0 Å². The third-order valence-electron chi connectivity index (χ3n) is 2.49. The SMILES string of the molecule is Oc1ccccc1N=Cc1ccccc1C(F)(F)F. The summed E-state index contributed by atoms with van der Waals surface area (Å²) in [5.74, 6) is -0.0803. The first-order valence-electron chi connectivity index (χ1n) is 5.47. The van der Waals surface area contributed by atoms with Crippen LogP contribution in [-0.4, -0.2) is 11.3 Å². The number of benzene rings is 2. The summed E-state index contributed by atoms with van der Waals surface area (Å²) in [6.45, 7) is 0. The third kappa shape index (κ3) is 3.13. The van der Waals surface area contributed by atoms with E-state index in [4.69, 9.17) is 0 Å². The molecule has 5 heteroatoms. The summed E-state index contributed by atoms with van der Waals surface area (Å²) in [6.07, 6.45) is -3.33. The molecule has 0 saturated heterocycles. The molecule has 0 aliphatic rings. The van der Waals surface area contributed by atoms with Crippen LogP contribution in [0.3, 0.4) is 0 Å². The lowest BCUT2D eigenvalue weighted by Crippen LogP contribution is -2.08. The average molecular weight is 265 g/mol. The second kappa shape index (κ2) is 5.14. The second-order valence-electron chi connectivity index (χ2n) is 3.83. The Morgan fingerprint density at radius 2 is 1.58 bits per heavy atom. The van der Waals surface area contributed by atoms with Gasteiger partial charge in [0.25, 0.3) is 0 Å². The highest BCUT2D eigenvalue weighted by molar-refractivity contribution is 5.84. The molecule has 0 atom stereocenters. The van der Waals surface area contributed by atoms with Crippen molar-refractivity contribution in [2.45, 2.75) is 6.18 Å². The minimum absolute atomic E-state index is 0.0433. The van der Waals surface area contributed by atoms with Gasteiger partial charge in [0.15, 0.2) is 0 Å². The van der Waals surface area contributed by atoms with Crippen molar-refractivity contribution < 1.29 is 18.3 Å². The molecule has 0 unspecified atom stereocenters. The van der Waals surface area contributed by atoms with Crippen molar-refractivity contribution in [3.63, 3.8) is 0 Å². The molecule has 0 spiro atoms. The lowest BCUT2D eigenvalue weighted by Gasteiger charge is -2.09. The number of para-hydroxylation sites is 2. The van der Waals surface area contributed by atoms with Crippen molar-refractivity contribution in [2.24, 2.45) is 4.99 Å². The van der Waals surface area contributed by atoms with Crippen LogP contribution in [0, 0.1) is 0 Å². The molecule has 0 aromatic heterocycles. The van der Waals surface area contributed by atoms with Gasteiger partial charge in [-0.15, -0.1) is 0 Å². The van der Waals surface area contributed by atoms with Crippen LogP contribution in [0.15, 0.2) is 53.5 Å². The summed E-state index contributed by atoms with van der Waals surface area (Å²) < 4.78 is 38.2. The van der Waals surface area contributed by atoms with Gasteiger partial charge in [0.1, 0.15) is 11.4 Å². The quantitative estimate of drug-likeness (QED) is 0.812. The Labute approximate surface area is 107 Å². The number of hydrogen-bond donors (Lipinski definition) is 1. The van der Waals surface area contributed by atoms with Crippen LogP contribution in [0.25, 0.3) is 0 Å². The first-order valence-corrected chi connectivity index (χ1v) is 5.47. The minimum atomic E-state index is -4.43. The van der Waals surface area contributed by atoms with Crippen molar-refractivity contribution in [1.29, 1.82) is 0 Å². The molecule has 0 saturated carbocycles. The molecule has 0 aliphatic carbocycles. The molecule has 2 aromatic rings. The average Bonchev–Trinajstić information content (AvgIpc) is 2.37. The molecule has 1 N–H and O–H groups in total. The molecule has 0 heterocycles. The van der Waals surface area contributed by atoms with E-state index in [0.29, 0.717) is 0 Å². The topological polar surface area (TPSA) is 32.6 Å². The first-order chi connectivity index (χ1) is 8.98. The van der Waals surface area contributed by atoms with Gasteiger partial charge < -0.3 is 5.11 Å². The smallest absolute Gasteiger partial charge is 0.417 e. The van der Waals surface area contributed by atoms with Gasteiger partial charge in [0, 0.05) is 11.8 Å². The minimum Gasteiger partial charge on any atom is -0.506 e. The van der Waals surface area contributed by atoms with Crippen LogP contribution in [0.1, 0.15) is 11.1 Å². The van der Waals surface area contributed by atoms with Gasteiger partial charge in [-0.2, -0.15) is 13.2 Å². The maximum absolute atomic E-state index is 12.7. The Balaban J connectivity index is 2.37. The highest BCUT2D eigenvalue weighted by atomic mass is 19.4. The fraction of sp³-hybridized carbons (Fsp3) is 0.0714. The summed E-state index contributed by atoms with van der Waals surface area (Å²) in [5.41, 5.74) is -0.577. The van der Waals surface area contributed by atoms with E-state index < -0.39 is 11.7 Å². The second-order valence-corrected chi connectivity index (χ2v) is 3.83. The normalized spacial score (nSPS) is 11.9. The van der Waals surface area contributed by atoms with Crippen molar-refractivity contribution in [3.05, 3.63) is 59.7 Å². The van der Waals surface area contributed by atoms with Gasteiger partial charge in [0.05, 0.1) is 5.56 Å². The van der Waals surface area contributed by atoms with E-state index in [1.165, 1.54) is 30.3 Å². The molecular formula is C14H10F3NO. The van der Waals surface area contributed by atoms with E-state index in [9.17, 15) is 18.3 Å². The molecule has 0 bridgehead atoms. The predicted molar refractivity (Wildman–Crippen MR) is 66.8 cm³/mol. The van der Waals surface area contributed by atoms with Crippen LogP contribution >= 0.6 is 0 Å². The maximum Gasteiger partial charge on any atom is 0.417 e. The number of aliphatic imine (C=N–C) groups is 1. The largest absolute Gasteiger partial charge is 0.506 e. The summed E-state index contributed by atoms with van der Waals surface area (Å²) in [7, 11) is 0. The summed E-state index contributed by atoms with van der Waals surface area (Å²) in [4.78, 5) is 3.88. The monoisotopic (exact) mass is 265 g/mol. The Morgan fingerprint density at radius 3 is 2.26 bits per heavy atom. The lowest BCUT2D eigenvalue weighted by atomic mass is 10.1. The van der Waals surface area contributed by atoms with Crippen LogP contribution < -0.4 is 0 Å². The summed E-state index contributed by atoms with van der Waals surface area (Å²) in [5, 5.41) is 9.48. The highest BCUT2D eigenvalue weighted by Gasteiger charge is 2.32. The van der Waals surface area contributed by atoms with Gasteiger partial charge in [-0.05, 0) is 18.2 Å². The highest BCUT2D eigenvalue weighted by Crippen LogP contribution is 2.32. The molecule has 0 radical (unpaired) electrons. The number of nitrogens with zero attached hydrogens (tertiary/aromatic N) is 1.